The largest absolute Gasteiger partial charge is 0.497 e. The van der Waals surface area contributed by atoms with E-state index >= 15 is 0 Å². The topological polar surface area (TPSA) is 87.2 Å². The van der Waals surface area contributed by atoms with Crippen LogP contribution in [0.3, 0.4) is 0 Å². The van der Waals surface area contributed by atoms with Crippen molar-refractivity contribution in [1.29, 1.82) is 0 Å². The van der Waals surface area contributed by atoms with Crippen LogP contribution in [0.2, 0.25) is 0 Å². The predicted molar refractivity (Wildman–Crippen MR) is 88.4 cm³/mol. The van der Waals surface area contributed by atoms with E-state index < -0.39 is 0 Å². The summed E-state index contributed by atoms with van der Waals surface area (Å²) in [5.74, 6) is 0.784. The lowest BCUT2D eigenvalue weighted by molar-refractivity contribution is 0.0934. The van der Waals surface area contributed by atoms with Crippen molar-refractivity contribution in [3.63, 3.8) is 0 Å². The Hall–Kier alpha value is -2.34. The Kier molecular flexibility index (Phi) is 5.76. The van der Waals surface area contributed by atoms with Crippen molar-refractivity contribution in [3.8, 4) is 17.0 Å². The van der Waals surface area contributed by atoms with Gasteiger partial charge in [-0.05, 0) is 49.6 Å². The normalized spacial score (nSPS) is 13.4. The van der Waals surface area contributed by atoms with Gasteiger partial charge >= 0.3 is 0 Å². The smallest absolute Gasteiger partial charge is 0.269 e. The highest BCUT2D eigenvalue weighted by Crippen LogP contribution is 2.21. The monoisotopic (exact) mass is 317 g/mol. The number of carbonyl (C=O) groups is 1. The second kappa shape index (κ2) is 7.78. The molecule has 0 aliphatic heterocycles. The molecule has 0 radical (unpaired) electrons. The second-order valence-electron chi connectivity index (χ2n) is 5.80. The standard InChI is InChI=1S/C17H23N3O3/c1-11(8-12(2)21)10-18-17(22)16-9-15(19-20-16)13-4-6-14(23-3)7-5-13/h4-7,9,11-12,21H,8,10H2,1-3H3,(H,18,22)(H,19,20). The first-order valence-electron chi connectivity index (χ1n) is 7.65. The molecule has 0 bridgehead atoms. The number of aromatic amines is 1. The lowest BCUT2D eigenvalue weighted by atomic mass is 10.0. The Morgan fingerprint density at radius 2 is 2.04 bits per heavy atom. The number of methoxy groups -OCH3 is 1. The number of hydrogen-bond acceptors (Lipinski definition) is 4. The number of nitrogens with zero attached hydrogens (tertiary/aromatic N) is 1. The maximum atomic E-state index is 12.1. The van der Waals surface area contributed by atoms with Crippen molar-refractivity contribution in [3.05, 3.63) is 36.0 Å². The van der Waals surface area contributed by atoms with E-state index in [2.05, 4.69) is 15.5 Å². The van der Waals surface area contributed by atoms with E-state index in [0.29, 0.717) is 24.4 Å². The molecule has 2 unspecified atom stereocenters. The van der Waals surface area contributed by atoms with E-state index in [1.54, 1.807) is 20.1 Å². The highest BCUT2D eigenvalue weighted by atomic mass is 16.5. The predicted octanol–water partition coefficient (Wildman–Crippen LogP) is 2.22. The summed E-state index contributed by atoms with van der Waals surface area (Å²) in [4.78, 5) is 12.1. The molecule has 0 saturated carbocycles. The third-order valence-corrected chi connectivity index (χ3v) is 3.56. The van der Waals surface area contributed by atoms with Gasteiger partial charge < -0.3 is 15.2 Å². The van der Waals surface area contributed by atoms with Gasteiger partial charge in [-0.1, -0.05) is 6.92 Å². The number of nitrogens with one attached hydrogen (secondary N) is 2. The minimum Gasteiger partial charge on any atom is -0.497 e. The number of rotatable bonds is 7. The SMILES string of the molecule is COc1ccc(-c2cc(C(=O)NCC(C)CC(C)O)[nH]n2)cc1. The molecule has 6 nitrogen and oxygen atoms in total. The Balaban J connectivity index is 1.96. The van der Waals surface area contributed by atoms with Gasteiger partial charge in [-0.25, -0.2) is 0 Å². The van der Waals surface area contributed by atoms with Crippen molar-refractivity contribution in [2.75, 3.05) is 13.7 Å². The average Bonchev–Trinajstić information content (AvgIpc) is 3.02. The molecule has 0 fully saturated rings. The summed E-state index contributed by atoms with van der Waals surface area (Å²) in [7, 11) is 1.62. The van der Waals surface area contributed by atoms with Crippen molar-refractivity contribution < 1.29 is 14.6 Å². The Bertz CT molecular complexity index is 635. The van der Waals surface area contributed by atoms with Crippen LogP contribution in [0.15, 0.2) is 30.3 Å². The van der Waals surface area contributed by atoms with Crippen LogP contribution in [0.25, 0.3) is 11.3 Å². The quantitative estimate of drug-likeness (QED) is 0.731. The maximum Gasteiger partial charge on any atom is 0.269 e. The van der Waals surface area contributed by atoms with Crippen LogP contribution in [0.5, 0.6) is 5.75 Å². The lowest BCUT2D eigenvalue weighted by Gasteiger charge is -2.13. The van der Waals surface area contributed by atoms with Crippen molar-refractivity contribution in [2.24, 2.45) is 5.92 Å². The molecule has 2 rings (SSSR count). The third-order valence-electron chi connectivity index (χ3n) is 3.56. The number of aliphatic hydroxyl groups excluding tert-OH is 1. The molecule has 23 heavy (non-hydrogen) atoms. The molecule has 3 N–H and O–H groups in total. The number of ether oxygens (including phenoxy) is 1. The van der Waals surface area contributed by atoms with E-state index in [1.807, 2.05) is 31.2 Å². The van der Waals surface area contributed by atoms with Crippen molar-refractivity contribution >= 4 is 5.91 Å². The number of benzene rings is 1. The van der Waals surface area contributed by atoms with Gasteiger partial charge in [0.25, 0.3) is 5.91 Å². The van der Waals surface area contributed by atoms with Gasteiger partial charge in [0.05, 0.1) is 18.9 Å². The van der Waals surface area contributed by atoms with E-state index in [0.717, 1.165) is 11.3 Å². The molecule has 124 valence electrons. The molecule has 2 atom stereocenters. The van der Waals surface area contributed by atoms with E-state index in [-0.39, 0.29) is 17.9 Å². The molecule has 0 spiro atoms. The molecule has 0 aliphatic rings. The summed E-state index contributed by atoms with van der Waals surface area (Å²) in [5.41, 5.74) is 2.03. The van der Waals surface area contributed by atoms with Gasteiger partial charge in [0.15, 0.2) is 0 Å². The van der Waals surface area contributed by atoms with Crippen LogP contribution < -0.4 is 10.1 Å². The fraction of sp³-hybridized carbons (Fsp3) is 0.412. The van der Waals surface area contributed by atoms with Crippen molar-refractivity contribution in [1.82, 2.24) is 15.5 Å². The van der Waals surface area contributed by atoms with Gasteiger partial charge in [-0.15, -0.1) is 0 Å². The van der Waals surface area contributed by atoms with Gasteiger partial charge in [0, 0.05) is 12.1 Å². The molecule has 0 aliphatic carbocycles. The van der Waals surface area contributed by atoms with Crippen LogP contribution in [0.1, 0.15) is 30.8 Å². The molecule has 1 heterocycles. The molecule has 1 aromatic carbocycles. The van der Waals surface area contributed by atoms with E-state index in [4.69, 9.17) is 4.74 Å². The second-order valence-corrected chi connectivity index (χ2v) is 5.80. The summed E-state index contributed by atoms with van der Waals surface area (Å²) in [6.07, 6.45) is 0.288. The Morgan fingerprint density at radius 3 is 2.65 bits per heavy atom. The van der Waals surface area contributed by atoms with Crippen LogP contribution in [-0.4, -0.2) is 41.0 Å². The molecule has 2 aromatic rings. The van der Waals surface area contributed by atoms with Crippen LogP contribution in [0.4, 0.5) is 0 Å². The summed E-state index contributed by atoms with van der Waals surface area (Å²) in [5, 5.41) is 19.1. The fourth-order valence-electron chi connectivity index (χ4n) is 2.38. The summed E-state index contributed by atoms with van der Waals surface area (Å²) in [6.45, 7) is 4.25. The highest BCUT2D eigenvalue weighted by Gasteiger charge is 2.13. The lowest BCUT2D eigenvalue weighted by Crippen LogP contribution is -2.29. The van der Waals surface area contributed by atoms with Crippen LogP contribution >= 0.6 is 0 Å². The zero-order valence-corrected chi connectivity index (χ0v) is 13.7. The maximum absolute atomic E-state index is 12.1. The molecular formula is C17H23N3O3. The van der Waals surface area contributed by atoms with E-state index in [1.165, 1.54) is 0 Å². The molecular weight excluding hydrogens is 294 g/mol. The molecule has 1 amide bonds. The molecule has 1 aromatic heterocycles. The van der Waals surface area contributed by atoms with Gasteiger partial charge in [0.1, 0.15) is 11.4 Å². The zero-order chi connectivity index (χ0) is 16.8. The number of H-pyrrole nitrogens is 1. The first-order chi connectivity index (χ1) is 11.0. The van der Waals surface area contributed by atoms with Gasteiger partial charge in [0.2, 0.25) is 0 Å². The van der Waals surface area contributed by atoms with Crippen LogP contribution in [0, 0.1) is 5.92 Å². The van der Waals surface area contributed by atoms with Crippen LogP contribution in [-0.2, 0) is 0 Å². The molecule has 0 saturated heterocycles. The Morgan fingerprint density at radius 1 is 1.35 bits per heavy atom. The van der Waals surface area contributed by atoms with E-state index in [9.17, 15) is 9.90 Å². The van der Waals surface area contributed by atoms with Gasteiger partial charge in [-0.2, -0.15) is 5.10 Å². The Labute approximate surface area is 135 Å². The van der Waals surface area contributed by atoms with Gasteiger partial charge in [-0.3, -0.25) is 9.89 Å². The first kappa shape index (κ1) is 17.0. The molecule has 6 heteroatoms. The minimum absolute atomic E-state index is 0.199. The minimum atomic E-state index is -0.365. The number of aliphatic hydroxyl groups is 1. The number of hydrogen-bond donors (Lipinski definition) is 3. The van der Waals surface area contributed by atoms with Crippen molar-refractivity contribution in [2.45, 2.75) is 26.4 Å². The summed E-state index contributed by atoms with van der Waals surface area (Å²) < 4.78 is 5.12. The summed E-state index contributed by atoms with van der Waals surface area (Å²) in [6, 6.07) is 9.20. The average molecular weight is 317 g/mol. The number of carbonyl (C=O) groups excluding carboxylic acids is 1. The highest BCUT2D eigenvalue weighted by molar-refractivity contribution is 5.93. The summed E-state index contributed by atoms with van der Waals surface area (Å²) >= 11 is 0. The fourth-order valence-corrected chi connectivity index (χ4v) is 2.38. The third kappa shape index (κ3) is 4.82. The number of amides is 1. The number of aromatic nitrogens is 2. The zero-order valence-electron chi connectivity index (χ0n) is 13.7. The first-order valence-corrected chi connectivity index (χ1v) is 7.65.